The molecule has 2 heterocycles. The van der Waals surface area contributed by atoms with E-state index < -0.39 is 9.84 Å². The van der Waals surface area contributed by atoms with Crippen LogP contribution < -0.4 is 5.32 Å². The van der Waals surface area contributed by atoms with Crippen LogP contribution in [-0.2, 0) is 26.9 Å². The quantitative estimate of drug-likeness (QED) is 0.492. The van der Waals surface area contributed by atoms with Gasteiger partial charge in [0.25, 0.3) is 0 Å². The SMILES string of the molecule is CCNC(=S)N(CCN1CCOCC1)Cc1cnc(S(=O)(=O)Cc2ccccc2C)n1C(C)C. The number of thiocarbonyl (C=S) groups is 1. The number of nitrogens with zero attached hydrogens (tertiary/aromatic N) is 4. The highest BCUT2D eigenvalue weighted by atomic mass is 32.2. The molecule has 1 saturated heterocycles. The van der Waals surface area contributed by atoms with Gasteiger partial charge in [-0.15, -0.1) is 0 Å². The normalized spacial score (nSPS) is 15.0. The lowest BCUT2D eigenvalue weighted by Crippen LogP contribution is -2.46. The minimum atomic E-state index is -3.62. The van der Waals surface area contributed by atoms with E-state index >= 15 is 0 Å². The highest BCUT2D eigenvalue weighted by molar-refractivity contribution is 7.90. The first-order valence-corrected chi connectivity index (χ1v) is 13.9. The van der Waals surface area contributed by atoms with Crippen molar-refractivity contribution < 1.29 is 13.2 Å². The molecule has 1 aromatic heterocycles. The summed E-state index contributed by atoms with van der Waals surface area (Å²) < 4.78 is 34.1. The zero-order valence-electron chi connectivity index (χ0n) is 20.7. The van der Waals surface area contributed by atoms with Gasteiger partial charge in [0, 0.05) is 38.8 Å². The van der Waals surface area contributed by atoms with Gasteiger partial charge < -0.3 is 19.5 Å². The van der Waals surface area contributed by atoms with Gasteiger partial charge >= 0.3 is 0 Å². The first kappa shape index (κ1) is 26.6. The van der Waals surface area contributed by atoms with Crippen LogP contribution in [0.3, 0.4) is 0 Å². The molecule has 0 saturated carbocycles. The van der Waals surface area contributed by atoms with Crippen LogP contribution in [0, 0.1) is 6.92 Å². The molecule has 8 nitrogen and oxygen atoms in total. The second-order valence-electron chi connectivity index (χ2n) is 8.89. The molecular weight excluding hydrogens is 470 g/mol. The Balaban J connectivity index is 1.84. The highest BCUT2D eigenvalue weighted by Gasteiger charge is 2.27. The Bertz CT molecular complexity index is 1060. The molecule has 188 valence electrons. The van der Waals surface area contributed by atoms with Gasteiger partial charge in [-0.25, -0.2) is 13.4 Å². The topological polar surface area (TPSA) is 79.7 Å². The molecule has 1 aromatic carbocycles. The first-order chi connectivity index (χ1) is 16.2. The van der Waals surface area contributed by atoms with Crippen LogP contribution in [0.4, 0.5) is 0 Å². The summed E-state index contributed by atoms with van der Waals surface area (Å²) >= 11 is 5.65. The summed E-state index contributed by atoms with van der Waals surface area (Å²) in [5, 5.41) is 4.02. The predicted molar refractivity (Wildman–Crippen MR) is 139 cm³/mol. The van der Waals surface area contributed by atoms with E-state index in [0.717, 1.165) is 62.8 Å². The van der Waals surface area contributed by atoms with Crippen molar-refractivity contribution in [1.82, 2.24) is 24.7 Å². The van der Waals surface area contributed by atoms with Crippen molar-refractivity contribution in [2.75, 3.05) is 45.9 Å². The average Bonchev–Trinajstić information content (AvgIpc) is 3.24. The van der Waals surface area contributed by atoms with Crippen LogP contribution in [0.5, 0.6) is 0 Å². The minimum absolute atomic E-state index is 0.0621. The molecule has 1 N–H and O–H groups in total. The van der Waals surface area contributed by atoms with E-state index in [4.69, 9.17) is 17.0 Å². The van der Waals surface area contributed by atoms with Crippen LogP contribution >= 0.6 is 12.2 Å². The standard InChI is InChI=1S/C24H37N5O3S2/c1-5-25-23(33)28(11-10-27-12-14-32-15-13-27)17-22-16-26-24(29(22)19(2)3)34(30,31)18-21-9-7-6-8-20(21)4/h6-9,16,19H,5,10-15,17-18H2,1-4H3,(H,25,33). The Morgan fingerprint density at radius 1 is 1.26 bits per heavy atom. The number of aryl methyl sites for hydroxylation is 1. The lowest BCUT2D eigenvalue weighted by atomic mass is 10.1. The van der Waals surface area contributed by atoms with Crippen LogP contribution in [0.25, 0.3) is 0 Å². The molecule has 0 bridgehead atoms. The number of sulfone groups is 1. The molecule has 0 amide bonds. The fraction of sp³-hybridized carbons (Fsp3) is 0.583. The average molecular weight is 508 g/mol. The van der Waals surface area contributed by atoms with E-state index in [1.807, 2.05) is 56.5 Å². The lowest BCUT2D eigenvalue weighted by molar-refractivity contribution is 0.0356. The molecule has 1 fully saturated rings. The van der Waals surface area contributed by atoms with Gasteiger partial charge in [0.2, 0.25) is 15.0 Å². The van der Waals surface area contributed by atoms with Gasteiger partial charge in [-0.05, 0) is 51.0 Å². The van der Waals surface area contributed by atoms with E-state index in [1.54, 1.807) is 6.20 Å². The van der Waals surface area contributed by atoms with E-state index in [2.05, 4.69) is 20.1 Å². The zero-order chi connectivity index (χ0) is 24.7. The highest BCUT2D eigenvalue weighted by Crippen LogP contribution is 2.23. The van der Waals surface area contributed by atoms with Crippen molar-refractivity contribution in [3.05, 3.63) is 47.3 Å². The molecule has 0 unspecified atom stereocenters. The fourth-order valence-electron chi connectivity index (χ4n) is 4.12. The molecule has 2 aromatic rings. The molecular formula is C24H37N5O3S2. The van der Waals surface area contributed by atoms with E-state index in [9.17, 15) is 8.42 Å². The molecule has 0 aliphatic carbocycles. The largest absolute Gasteiger partial charge is 0.379 e. The van der Waals surface area contributed by atoms with Crippen LogP contribution in [0.15, 0.2) is 35.6 Å². The number of benzene rings is 1. The Kier molecular flexibility index (Phi) is 9.47. The molecule has 0 spiro atoms. The van der Waals surface area contributed by atoms with Crippen molar-refractivity contribution in [2.24, 2.45) is 0 Å². The maximum atomic E-state index is 13.4. The lowest BCUT2D eigenvalue weighted by Gasteiger charge is -2.31. The zero-order valence-corrected chi connectivity index (χ0v) is 22.3. The summed E-state index contributed by atoms with van der Waals surface area (Å²) in [6, 6.07) is 7.51. The first-order valence-electron chi connectivity index (χ1n) is 11.9. The Labute approximate surface area is 209 Å². The number of rotatable bonds is 10. The third kappa shape index (κ3) is 6.78. The Morgan fingerprint density at radius 2 is 1.97 bits per heavy atom. The van der Waals surface area contributed by atoms with Crippen molar-refractivity contribution in [1.29, 1.82) is 0 Å². The van der Waals surface area contributed by atoms with Gasteiger partial charge in [-0.2, -0.15) is 0 Å². The molecule has 0 atom stereocenters. The van der Waals surface area contributed by atoms with Gasteiger partial charge in [0.05, 0.1) is 37.4 Å². The maximum Gasteiger partial charge on any atom is 0.228 e. The number of ether oxygens (including phenoxy) is 1. The van der Waals surface area contributed by atoms with Gasteiger partial charge in [0.1, 0.15) is 0 Å². The molecule has 34 heavy (non-hydrogen) atoms. The number of aromatic nitrogens is 2. The number of hydrogen-bond donors (Lipinski definition) is 1. The second kappa shape index (κ2) is 12.1. The third-order valence-corrected chi connectivity index (χ3v) is 7.95. The number of hydrogen-bond acceptors (Lipinski definition) is 6. The summed E-state index contributed by atoms with van der Waals surface area (Å²) in [6.45, 7) is 14.1. The summed E-state index contributed by atoms with van der Waals surface area (Å²) in [7, 11) is -3.62. The van der Waals surface area contributed by atoms with Crippen molar-refractivity contribution in [3.63, 3.8) is 0 Å². The number of morpholine rings is 1. The van der Waals surface area contributed by atoms with Crippen molar-refractivity contribution >= 4 is 27.2 Å². The summed E-state index contributed by atoms with van der Waals surface area (Å²) in [6.07, 6.45) is 1.68. The van der Waals surface area contributed by atoms with Gasteiger partial charge in [0.15, 0.2) is 5.11 Å². The molecule has 10 heteroatoms. The fourth-order valence-corrected chi connectivity index (χ4v) is 6.12. The van der Waals surface area contributed by atoms with E-state index in [0.29, 0.717) is 11.7 Å². The monoisotopic (exact) mass is 507 g/mol. The number of nitrogens with one attached hydrogen (secondary N) is 1. The maximum absolute atomic E-state index is 13.4. The van der Waals surface area contributed by atoms with E-state index in [1.165, 1.54) is 0 Å². The summed E-state index contributed by atoms with van der Waals surface area (Å²) in [5.41, 5.74) is 2.59. The number of imidazole rings is 1. The van der Waals surface area contributed by atoms with Gasteiger partial charge in [-0.3, -0.25) is 4.90 Å². The molecule has 1 aliphatic heterocycles. The minimum Gasteiger partial charge on any atom is -0.379 e. The second-order valence-corrected chi connectivity index (χ2v) is 11.2. The van der Waals surface area contributed by atoms with Gasteiger partial charge in [-0.1, -0.05) is 24.3 Å². The van der Waals surface area contributed by atoms with Crippen molar-refractivity contribution in [2.45, 2.75) is 51.2 Å². The van der Waals surface area contributed by atoms with Crippen LogP contribution in [0.1, 0.15) is 43.6 Å². The van der Waals surface area contributed by atoms with E-state index in [-0.39, 0.29) is 17.0 Å². The smallest absolute Gasteiger partial charge is 0.228 e. The third-order valence-electron chi connectivity index (χ3n) is 6.00. The van der Waals surface area contributed by atoms with Crippen LogP contribution in [-0.4, -0.2) is 78.8 Å². The molecule has 1 aliphatic rings. The Hall–Kier alpha value is -2.01. The van der Waals surface area contributed by atoms with Crippen LogP contribution in [0.2, 0.25) is 0 Å². The predicted octanol–water partition coefficient (Wildman–Crippen LogP) is 2.77. The molecule has 3 rings (SSSR count). The molecule has 0 radical (unpaired) electrons. The summed E-state index contributed by atoms with van der Waals surface area (Å²) in [4.78, 5) is 8.86. The Morgan fingerprint density at radius 3 is 2.62 bits per heavy atom. The van der Waals surface area contributed by atoms with Crippen molar-refractivity contribution in [3.8, 4) is 0 Å². The summed E-state index contributed by atoms with van der Waals surface area (Å²) in [5.74, 6) is -0.0700.